The van der Waals surface area contributed by atoms with Crippen molar-refractivity contribution in [1.29, 1.82) is 0 Å². The number of hydrogen-bond acceptors (Lipinski definition) is 6. The molecule has 0 unspecified atom stereocenters. The molecule has 0 fully saturated rings. The van der Waals surface area contributed by atoms with E-state index in [1.54, 1.807) is 11.3 Å². The summed E-state index contributed by atoms with van der Waals surface area (Å²) in [5, 5.41) is 20.1. The fourth-order valence-corrected chi connectivity index (χ4v) is 2.20. The van der Waals surface area contributed by atoms with Crippen molar-refractivity contribution < 1.29 is 0 Å². The molecule has 0 aliphatic rings. The van der Waals surface area contributed by atoms with Crippen molar-refractivity contribution in [3.05, 3.63) is 21.9 Å². The third-order valence-electron chi connectivity index (χ3n) is 2.17. The minimum atomic E-state index is 0.122. The van der Waals surface area contributed by atoms with Crippen LogP contribution in [0.5, 0.6) is 0 Å². The van der Waals surface area contributed by atoms with Gasteiger partial charge < -0.3 is 5.32 Å². The van der Waals surface area contributed by atoms with Crippen molar-refractivity contribution in [3.8, 4) is 0 Å². The maximum absolute atomic E-state index is 4.59. The molecular weight excluding hydrogens is 236 g/mol. The molecule has 2 N–H and O–H groups in total. The van der Waals surface area contributed by atoms with Crippen LogP contribution >= 0.6 is 11.3 Å². The number of nitrogens with one attached hydrogen (secondary N) is 2. The number of hydrogen-bond donors (Lipinski definition) is 2. The summed E-state index contributed by atoms with van der Waals surface area (Å²) in [5.41, 5.74) is 1.18. The maximum Gasteiger partial charge on any atom is 0.188 e. The van der Waals surface area contributed by atoms with E-state index in [0.29, 0.717) is 12.4 Å². The Morgan fingerprint density at radius 1 is 1.35 bits per heavy atom. The van der Waals surface area contributed by atoms with E-state index in [9.17, 15) is 0 Å². The van der Waals surface area contributed by atoms with E-state index in [4.69, 9.17) is 0 Å². The van der Waals surface area contributed by atoms with Crippen LogP contribution in [0.15, 0.2) is 5.38 Å². The number of rotatable bonds is 4. The van der Waals surface area contributed by atoms with E-state index in [1.165, 1.54) is 0 Å². The van der Waals surface area contributed by atoms with Crippen molar-refractivity contribution >= 4 is 11.3 Å². The standard InChI is InChI=1S/C10H16N6S/c1-10(2,3)9-12-7(6-17-9)4-11-5-8-13-15-16-14-8/h6,11H,4-5H2,1-3H3,(H,13,14,15,16). The van der Waals surface area contributed by atoms with E-state index in [2.05, 4.69) is 57.1 Å². The summed E-state index contributed by atoms with van der Waals surface area (Å²) in [6.07, 6.45) is 0. The van der Waals surface area contributed by atoms with Gasteiger partial charge in [0.05, 0.1) is 17.2 Å². The molecule has 17 heavy (non-hydrogen) atoms. The number of aromatic nitrogens is 5. The molecule has 6 nitrogen and oxygen atoms in total. The molecule has 92 valence electrons. The van der Waals surface area contributed by atoms with Gasteiger partial charge in [0.2, 0.25) is 0 Å². The first-order chi connectivity index (χ1) is 8.05. The van der Waals surface area contributed by atoms with Crippen molar-refractivity contribution in [3.63, 3.8) is 0 Å². The van der Waals surface area contributed by atoms with Crippen LogP contribution in [0, 0.1) is 0 Å². The van der Waals surface area contributed by atoms with Crippen LogP contribution in [-0.2, 0) is 18.5 Å². The van der Waals surface area contributed by atoms with E-state index in [1.807, 2.05) is 0 Å². The van der Waals surface area contributed by atoms with Gasteiger partial charge in [0, 0.05) is 17.3 Å². The molecular formula is C10H16N6S. The molecule has 0 aliphatic heterocycles. The van der Waals surface area contributed by atoms with Gasteiger partial charge >= 0.3 is 0 Å². The van der Waals surface area contributed by atoms with Crippen LogP contribution < -0.4 is 5.32 Å². The Morgan fingerprint density at radius 3 is 2.76 bits per heavy atom. The average molecular weight is 252 g/mol. The first-order valence-corrected chi connectivity index (χ1v) is 6.31. The Kier molecular flexibility index (Phi) is 3.49. The van der Waals surface area contributed by atoms with Gasteiger partial charge in [-0.1, -0.05) is 26.0 Å². The minimum Gasteiger partial charge on any atom is -0.304 e. The second kappa shape index (κ2) is 4.89. The van der Waals surface area contributed by atoms with Gasteiger partial charge in [0.25, 0.3) is 0 Å². The Bertz CT molecular complexity index is 455. The first-order valence-electron chi connectivity index (χ1n) is 5.43. The lowest BCUT2D eigenvalue weighted by Gasteiger charge is -2.13. The van der Waals surface area contributed by atoms with E-state index in [0.717, 1.165) is 17.2 Å². The maximum atomic E-state index is 4.59. The molecule has 2 aromatic heterocycles. The topological polar surface area (TPSA) is 79.4 Å². The predicted molar refractivity (Wildman–Crippen MR) is 65.5 cm³/mol. The zero-order chi connectivity index (χ0) is 12.3. The number of H-pyrrole nitrogens is 1. The van der Waals surface area contributed by atoms with Crippen LogP contribution in [0.4, 0.5) is 0 Å². The van der Waals surface area contributed by atoms with Crippen LogP contribution in [0.25, 0.3) is 0 Å². The van der Waals surface area contributed by atoms with Crippen molar-refractivity contribution in [2.24, 2.45) is 0 Å². The summed E-state index contributed by atoms with van der Waals surface area (Å²) >= 11 is 1.70. The van der Waals surface area contributed by atoms with Crippen molar-refractivity contribution in [2.45, 2.75) is 39.3 Å². The van der Waals surface area contributed by atoms with Crippen LogP contribution in [-0.4, -0.2) is 25.6 Å². The molecule has 0 aliphatic carbocycles. The highest BCUT2D eigenvalue weighted by Crippen LogP contribution is 2.25. The molecule has 0 spiro atoms. The molecule has 0 saturated carbocycles. The molecule has 2 aromatic rings. The Morgan fingerprint density at radius 2 is 2.18 bits per heavy atom. The lowest BCUT2D eigenvalue weighted by atomic mass is 9.98. The molecule has 0 aromatic carbocycles. The summed E-state index contributed by atoms with van der Waals surface area (Å²) in [7, 11) is 0. The fourth-order valence-electron chi connectivity index (χ4n) is 1.29. The summed E-state index contributed by atoms with van der Waals surface area (Å²) in [5.74, 6) is 0.663. The first kappa shape index (κ1) is 12.1. The average Bonchev–Trinajstić information content (AvgIpc) is 2.86. The van der Waals surface area contributed by atoms with E-state index in [-0.39, 0.29) is 5.41 Å². The molecule has 2 rings (SSSR count). The monoisotopic (exact) mass is 252 g/mol. The fraction of sp³-hybridized carbons (Fsp3) is 0.600. The van der Waals surface area contributed by atoms with Crippen LogP contribution in [0.1, 0.15) is 37.3 Å². The highest BCUT2D eigenvalue weighted by atomic mass is 32.1. The number of nitrogens with zero attached hydrogens (tertiary/aromatic N) is 4. The highest BCUT2D eigenvalue weighted by molar-refractivity contribution is 7.09. The molecule has 2 heterocycles. The summed E-state index contributed by atoms with van der Waals surface area (Å²) in [6.45, 7) is 7.83. The van der Waals surface area contributed by atoms with E-state index < -0.39 is 0 Å². The smallest absolute Gasteiger partial charge is 0.188 e. The second-order valence-corrected chi connectivity index (χ2v) is 5.68. The van der Waals surface area contributed by atoms with Crippen LogP contribution in [0.3, 0.4) is 0 Å². The molecule has 0 saturated heterocycles. The van der Waals surface area contributed by atoms with E-state index >= 15 is 0 Å². The summed E-state index contributed by atoms with van der Waals surface area (Å²) in [6, 6.07) is 0. The number of aromatic amines is 1. The largest absolute Gasteiger partial charge is 0.304 e. The van der Waals surface area contributed by atoms with Gasteiger partial charge in [-0.3, -0.25) is 0 Å². The molecule has 0 bridgehead atoms. The second-order valence-electron chi connectivity index (χ2n) is 4.83. The SMILES string of the molecule is CC(C)(C)c1nc(CNCc2nn[nH]n2)cs1. The van der Waals surface area contributed by atoms with Gasteiger partial charge in [-0.25, -0.2) is 4.98 Å². The quantitative estimate of drug-likeness (QED) is 0.856. The Hall–Kier alpha value is -1.34. The Balaban J connectivity index is 1.85. The summed E-state index contributed by atoms with van der Waals surface area (Å²) in [4.78, 5) is 4.59. The molecule has 0 amide bonds. The molecule has 0 atom stereocenters. The molecule has 0 radical (unpaired) electrons. The third kappa shape index (κ3) is 3.31. The lowest BCUT2D eigenvalue weighted by Crippen LogP contribution is -2.15. The van der Waals surface area contributed by atoms with Gasteiger partial charge in [-0.05, 0) is 0 Å². The normalized spacial score (nSPS) is 11.9. The van der Waals surface area contributed by atoms with Gasteiger partial charge in [-0.2, -0.15) is 5.21 Å². The number of thiazole rings is 1. The predicted octanol–water partition coefficient (Wildman–Crippen LogP) is 1.24. The van der Waals surface area contributed by atoms with Gasteiger partial charge in [0.1, 0.15) is 0 Å². The van der Waals surface area contributed by atoms with Gasteiger partial charge in [-0.15, -0.1) is 21.5 Å². The highest BCUT2D eigenvalue weighted by Gasteiger charge is 2.17. The third-order valence-corrected chi connectivity index (χ3v) is 3.49. The van der Waals surface area contributed by atoms with Crippen molar-refractivity contribution in [1.82, 2.24) is 30.9 Å². The zero-order valence-electron chi connectivity index (χ0n) is 10.2. The van der Waals surface area contributed by atoms with Crippen molar-refractivity contribution in [2.75, 3.05) is 0 Å². The lowest BCUT2D eigenvalue weighted by molar-refractivity contribution is 0.578. The summed E-state index contributed by atoms with van der Waals surface area (Å²) < 4.78 is 0. The zero-order valence-corrected chi connectivity index (χ0v) is 11.0. The van der Waals surface area contributed by atoms with Crippen LogP contribution in [0.2, 0.25) is 0 Å². The number of tetrazole rings is 1. The Labute approximate surface area is 104 Å². The van der Waals surface area contributed by atoms with Gasteiger partial charge in [0.15, 0.2) is 5.82 Å². The molecule has 7 heteroatoms. The minimum absolute atomic E-state index is 0.122.